The summed E-state index contributed by atoms with van der Waals surface area (Å²) in [4.78, 5) is 14.3. The lowest BCUT2D eigenvalue weighted by Gasteiger charge is -2.54. The lowest BCUT2D eigenvalue weighted by atomic mass is 9.57. The molecule has 19 heavy (non-hydrogen) atoms. The van der Waals surface area contributed by atoms with Crippen LogP contribution in [0.2, 0.25) is 0 Å². The van der Waals surface area contributed by atoms with Crippen molar-refractivity contribution in [2.24, 2.45) is 10.8 Å². The number of hydrogen-bond acceptors (Lipinski definition) is 3. The molecule has 1 aliphatic heterocycles. The maximum Gasteiger partial charge on any atom is 0.324 e. The maximum atomic E-state index is 12.1. The lowest BCUT2D eigenvalue weighted by molar-refractivity contribution is -0.163. The van der Waals surface area contributed by atoms with Gasteiger partial charge in [0.1, 0.15) is 5.54 Å². The first-order valence-electron chi connectivity index (χ1n) is 7.36. The monoisotopic (exact) mass is 268 g/mol. The largest absolute Gasteiger partial charge is 0.480 e. The molecule has 0 amide bonds. The van der Waals surface area contributed by atoms with Crippen LogP contribution in [0, 0.1) is 10.8 Å². The molecular weight excluding hydrogens is 240 g/mol. The molecule has 1 saturated heterocycles. The van der Waals surface area contributed by atoms with Crippen molar-refractivity contribution < 1.29 is 9.90 Å². The van der Waals surface area contributed by atoms with E-state index in [4.69, 9.17) is 0 Å². The summed E-state index contributed by atoms with van der Waals surface area (Å²) >= 11 is 0. The third-order valence-corrected chi connectivity index (χ3v) is 4.62. The third-order valence-electron chi connectivity index (χ3n) is 4.62. The van der Waals surface area contributed by atoms with Gasteiger partial charge in [-0.1, -0.05) is 27.7 Å². The summed E-state index contributed by atoms with van der Waals surface area (Å²) in [5, 5.41) is 13.3. The quantitative estimate of drug-likeness (QED) is 0.804. The van der Waals surface area contributed by atoms with Crippen molar-refractivity contribution >= 4 is 5.97 Å². The zero-order chi connectivity index (χ0) is 14.3. The van der Waals surface area contributed by atoms with Gasteiger partial charge in [-0.25, -0.2) is 0 Å². The molecule has 4 nitrogen and oxygen atoms in total. The van der Waals surface area contributed by atoms with Crippen LogP contribution in [0.1, 0.15) is 47.0 Å². The van der Waals surface area contributed by atoms with Gasteiger partial charge in [-0.05, 0) is 30.1 Å². The van der Waals surface area contributed by atoms with Gasteiger partial charge in [0.2, 0.25) is 0 Å². The van der Waals surface area contributed by atoms with Crippen LogP contribution in [0.25, 0.3) is 0 Å². The molecule has 1 saturated carbocycles. The average molecular weight is 268 g/mol. The van der Waals surface area contributed by atoms with E-state index in [1.54, 1.807) is 0 Å². The Morgan fingerprint density at radius 2 is 1.47 bits per heavy atom. The molecule has 0 spiro atoms. The van der Waals surface area contributed by atoms with Crippen molar-refractivity contribution in [2.75, 3.05) is 26.2 Å². The highest BCUT2D eigenvalue weighted by atomic mass is 16.4. The van der Waals surface area contributed by atoms with E-state index in [2.05, 4.69) is 37.9 Å². The van der Waals surface area contributed by atoms with E-state index in [1.165, 1.54) is 0 Å². The second-order valence-electron chi connectivity index (χ2n) is 7.93. The van der Waals surface area contributed by atoms with Crippen LogP contribution >= 0.6 is 0 Å². The predicted octanol–water partition coefficient (Wildman–Crippen LogP) is 1.95. The van der Waals surface area contributed by atoms with Crippen molar-refractivity contribution in [2.45, 2.75) is 52.5 Å². The van der Waals surface area contributed by atoms with Crippen molar-refractivity contribution in [3.05, 3.63) is 0 Å². The molecule has 1 aliphatic carbocycles. The second kappa shape index (κ2) is 4.74. The summed E-state index contributed by atoms with van der Waals surface area (Å²) in [6.07, 6.45) is 2.62. The van der Waals surface area contributed by atoms with E-state index in [1.807, 2.05) is 0 Å². The fourth-order valence-electron chi connectivity index (χ4n) is 4.67. The van der Waals surface area contributed by atoms with Gasteiger partial charge in [-0.15, -0.1) is 0 Å². The van der Waals surface area contributed by atoms with E-state index < -0.39 is 11.5 Å². The first-order chi connectivity index (χ1) is 8.67. The number of nitrogens with zero attached hydrogens (tertiary/aromatic N) is 1. The molecular formula is C15H28N2O2. The standard InChI is InChI=1S/C15H28N2O2/c1-13(2)9-14(3,4)11-15(10-13,12(18)19)17-7-5-16-6-8-17/h16H,5-11H2,1-4H3,(H,18,19). The number of carboxylic acid groups (broad SMARTS) is 1. The van der Waals surface area contributed by atoms with Gasteiger partial charge in [-0.3, -0.25) is 9.69 Å². The molecule has 0 atom stereocenters. The number of aliphatic carboxylic acids is 1. The highest BCUT2D eigenvalue weighted by Gasteiger charge is 2.54. The zero-order valence-corrected chi connectivity index (χ0v) is 12.8. The molecule has 4 heteroatoms. The van der Waals surface area contributed by atoms with Crippen molar-refractivity contribution in [3.63, 3.8) is 0 Å². The molecule has 0 radical (unpaired) electrons. The molecule has 110 valence electrons. The normalized spacial score (nSPS) is 29.9. The first-order valence-corrected chi connectivity index (χ1v) is 7.36. The van der Waals surface area contributed by atoms with Crippen LogP contribution < -0.4 is 5.32 Å². The van der Waals surface area contributed by atoms with Crippen LogP contribution in [0.15, 0.2) is 0 Å². The SMILES string of the molecule is CC1(C)CC(C)(C)CC(C(=O)O)(N2CCNCC2)C1. The summed E-state index contributed by atoms with van der Waals surface area (Å²) in [6, 6.07) is 0. The van der Waals surface area contributed by atoms with Crippen molar-refractivity contribution in [3.8, 4) is 0 Å². The lowest BCUT2D eigenvalue weighted by Crippen LogP contribution is -2.65. The number of nitrogens with one attached hydrogen (secondary N) is 1. The minimum Gasteiger partial charge on any atom is -0.480 e. The summed E-state index contributed by atoms with van der Waals surface area (Å²) < 4.78 is 0. The molecule has 2 fully saturated rings. The van der Waals surface area contributed by atoms with Crippen molar-refractivity contribution in [1.29, 1.82) is 0 Å². The molecule has 1 heterocycles. The molecule has 0 aromatic carbocycles. The minimum absolute atomic E-state index is 0.0883. The topological polar surface area (TPSA) is 52.6 Å². The molecule has 0 aromatic rings. The second-order valence-corrected chi connectivity index (χ2v) is 7.93. The van der Waals surface area contributed by atoms with Gasteiger partial charge < -0.3 is 10.4 Å². The van der Waals surface area contributed by atoms with E-state index in [0.29, 0.717) is 0 Å². The molecule has 2 rings (SSSR count). The van der Waals surface area contributed by atoms with E-state index in [9.17, 15) is 9.90 Å². The van der Waals surface area contributed by atoms with Crippen LogP contribution in [0.4, 0.5) is 0 Å². The van der Waals surface area contributed by atoms with Gasteiger partial charge in [-0.2, -0.15) is 0 Å². The third kappa shape index (κ3) is 2.95. The smallest absolute Gasteiger partial charge is 0.324 e. The minimum atomic E-state index is -0.673. The van der Waals surface area contributed by atoms with E-state index in [-0.39, 0.29) is 10.8 Å². The highest BCUT2D eigenvalue weighted by Crippen LogP contribution is 2.52. The highest BCUT2D eigenvalue weighted by molar-refractivity contribution is 5.79. The number of carboxylic acids is 1. The molecule has 2 aliphatic rings. The van der Waals surface area contributed by atoms with Gasteiger partial charge in [0.25, 0.3) is 0 Å². The summed E-state index contributed by atoms with van der Waals surface area (Å²) in [6.45, 7) is 12.4. The molecule has 0 unspecified atom stereocenters. The molecule has 0 bridgehead atoms. The fraction of sp³-hybridized carbons (Fsp3) is 0.933. The number of hydrogen-bond donors (Lipinski definition) is 2. The maximum absolute atomic E-state index is 12.1. The van der Waals surface area contributed by atoms with E-state index >= 15 is 0 Å². The molecule has 2 N–H and O–H groups in total. The van der Waals surface area contributed by atoms with E-state index in [0.717, 1.165) is 45.4 Å². The Balaban J connectivity index is 2.34. The summed E-state index contributed by atoms with van der Waals surface area (Å²) in [7, 11) is 0. The van der Waals surface area contributed by atoms with Gasteiger partial charge in [0.05, 0.1) is 0 Å². The molecule has 0 aromatic heterocycles. The van der Waals surface area contributed by atoms with Crippen LogP contribution in [-0.2, 0) is 4.79 Å². The number of piperazine rings is 1. The average Bonchev–Trinajstić information content (AvgIpc) is 2.25. The summed E-state index contributed by atoms with van der Waals surface area (Å²) in [5.41, 5.74) is -0.497. The Bertz CT molecular complexity index is 341. The van der Waals surface area contributed by atoms with Gasteiger partial charge >= 0.3 is 5.97 Å². The number of carbonyl (C=O) groups is 1. The van der Waals surface area contributed by atoms with Crippen LogP contribution in [0.5, 0.6) is 0 Å². The Morgan fingerprint density at radius 1 is 1.00 bits per heavy atom. The van der Waals surface area contributed by atoms with Crippen LogP contribution in [-0.4, -0.2) is 47.7 Å². The Morgan fingerprint density at radius 3 is 1.89 bits per heavy atom. The fourth-order valence-corrected chi connectivity index (χ4v) is 4.67. The number of rotatable bonds is 2. The summed E-state index contributed by atoms with van der Waals surface area (Å²) in [5.74, 6) is -0.629. The Labute approximate surface area is 116 Å². The Kier molecular flexibility index (Phi) is 3.69. The van der Waals surface area contributed by atoms with Crippen molar-refractivity contribution in [1.82, 2.24) is 10.2 Å². The van der Waals surface area contributed by atoms with Crippen LogP contribution in [0.3, 0.4) is 0 Å². The first kappa shape index (κ1) is 14.8. The van der Waals surface area contributed by atoms with Gasteiger partial charge in [0, 0.05) is 26.2 Å². The Hall–Kier alpha value is -0.610. The zero-order valence-electron chi connectivity index (χ0n) is 12.8. The van der Waals surface area contributed by atoms with Gasteiger partial charge in [0.15, 0.2) is 0 Å². The predicted molar refractivity (Wildman–Crippen MR) is 76.2 cm³/mol.